The average Bonchev–Trinajstić information content (AvgIpc) is 2.17. The minimum atomic E-state index is 0.389. The maximum atomic E-state index is 4.12. The van der Waals surface area contributed by atoms with Crippen molar-refractivity contribution in [1.29, 1.82) is 0 Å². The molecule has 0 fully saturated rings. The quantitative estimate of drug-likeness (QED) is 0.663. The highest BCUT2D eigenvalue weighted by molar-refractivity contribution is 5.82. The number of pyridine rings is 1. The van der Waals surface area contributed by atoms with Crippen LogP contribution < -0.4 is 0 Å². The highest BCUT2D eigenvalue weighted by Crippen LogP contribution is 2.20. The first-order valence-electron chi connectivity index (χ1n) is 4.34. The van der Waals surface area contributed by atoms with Crippen LogP contribution in [0.25, 0.3) is 10.8 Å². The second kappa shape index (κ2) is 3.09. The van der Waals surface area contributed by atoms with Crippen molar-refractivity contribution in [2.24, 2.45) is 0 Å². The van der Waals surface area contributed by atoms with Crippen molar-refractivity contribution < 1.29 is 0 Å². The van der Waals surface area contributed by atoms with Gasteiger partial charge in [-0.2, -0.15) is 10.2 Å². The molecule has 0 saturated carbocycles. The summed E-state index contributed by atoms with van der Waals surface area (Å²) in [5.41, 5.74) is 1.02. The lowest BCUT2D eigenvalue weighted by molar-refractivity contribution is 0.798. The first kappa shape index (κ1) is 8.10. The fraction of sp³-hybridized carbons (Fsp3) is 0.300. The summed E-state index contributed by atoms with van der Waals surface area (Å²) in [6, 6.07) is 1.95. The largest absolute Gasteiger partial charge is 0.264 e. The summed E-state index contributed by atoms with van der Waals surface area (Å²) in [5, 5.41) is 10.3. The van der Waals surface area contributed by atoms with E-state index in [9.17, 15) is 0 Å². The Kier molecular flexibility index (Phi) is 1.93. The number of nitrogens with zero attached hydrogens (tertiary/aromatic N) is 3. The number of fused-ring (bicyclic) bond motifs is 1. The zero-order chi connectivity index (χ0) is 9.26. The van der Waals surface area contributed by atoms with Gasteiger partial charge in [-0.25, -0.2) is 0 Å². The van der Waals surface area contributed by atoms with Crippen molar-refractivity contribution in [2.75, 3.05) is 0 Å². The molecule has 2 aromatic heterocycles. The lowest BCUT2D eigenvalue weighted by Gasteiger charge is -2.05. The lowest BCUT2D eigenvalue weighted by Crippen LogP contribution is -1.96. The Morgan fingerprint density at radius 3 is 2.85 bits per heavy atom. The second-order valence-electron chi connectivity index (χ2n) is 3.35. The van der Waals surface area contributed by atoms with E-state index in [0.29, 0.717) is 5.92 Å². The molecular formula is C10H11N3. The van der Waals surface area contributed by atoms with Gasteiger partial charge in [0.15, 0.2) is 0 Å². The molecule has 0 radical (unpaired) electrons. The summed E-state index contributed by atoms with van der Waals surface area (Å²) < 4.78 is 0. The van der Waals surface area contributed by atoms with Crippen LogP contribution in [0.4, 0.5) is 0 Å². The summed E-state index contributed by atoms with van der Waals surface area (Å²) in [5.74, 6) is 0.389. The van der Waals surface area contributed by atoms with E-state index < -0.39 is 0 Å². The number of hydrogen-bond acceptors (Lipinski definition) is 3. The molecule has 2 rings (SSSR count). The molecule has 0 unspecified atom stereocenters. The van der Waals surface area contributed by atoms with E-state index in [4.69, 9.17) is 0 Å². The van der Waals surface area contributed by atoms with Crippen LogP contribution in [0.1, 0.15) is 25.5 Å². The van der Waals surface area contributed by atoms with Crippen LogP contribution in [0.15, 0.2) is 24.7 Å². The third-order valence-electron chi connectivity index (χ3n) is 2.04. The summed E-state index contributed by atoms with van der Waals surface area (Å²) in [4.78, 5) is 4.09. The highest BCUT2D eigenvalue weighted by Gasteiger charge is 2.06. The van der Waals surface area contributed by atoms with Crippen molar-refractivity contribution in [3.8, 4) is 0 Å². The van der Waals surface area contributed by atoms with Crippen molar-refractivity contribution in [2.45, 2.75) is 19.8 Å². The molecule has 13 heavy (non-hydrogen) atoms. The first-order valence-corrected chi connectivity index (χ1v) is 4.34. The highest BCUT2D eigenvalue weighted by atomic mass is 15.1. The minimum absolute atomic E-state index is 0.389. The molecule has 0 amide bonds. The van der Waals surface area contributed by atoms with Crippen LogP contribution in [0.2, 0.25) is 0 Å². The SMILES string of the molecule is CC(C)c1nncc2ccncc12. The second-order valence-corrected chi connectivity index (χ2v) is 3.35. The molecule has 0 aliphatic carbocycles. The van der Waals surface area contributed by atoms with E-state index in [2.05, 4.69) is 29.0 Å². The van der Waals surface area contributed by atoms with Crippen LogP contribution in [0.5, 0.6) is 0 Å². The molecule has 2 heterocycles. The van der Waals surface area contributed by atoms with Crippen LogP contribution in [0.3, 0.4) is 0 Å². The van der Waals surface area contributed by atoms with Crippen LogP contribution in [-0.4, -0.2) is 15.2 Å². The van der Waals surface area contributed by atoms with E-state index in [1.165, 1.54) is 0 Å². The zero-order valence-corrected chi connectivity index (χ0v) is 7.73. The molecule has 0 aliphatic heterocycles. The lowest BCUT2D eigenvalue weighted by atomic mass is 10.1. The van der Waals surface area contributed by atoms with Crippen molar-refractivity contribution >= 4 is 10.8 Å². The fourth-order valence-electron chi connectivity index (χ4n) is 1.37. The Labute approximate surface area is 76.8 Å². The monoisotopic (exact) mass is 173 g/mol. The predicted molar refractivity (Wildman–Crippen MR) is 51.4 cm³/mol. The molecule has 0 N–H and O–H groups in total. The molecule has 66 valence electrons. The van der Waals surface area contributed by atoms with Crippen molar-refractivity contribution in [3.05, 3.63) is 30.4 Å². The molecule has 3 nitrogen and oxygen atoms in total. The van der Waals surface area contributed by atoms with Gasteiger partial charge in [0.05, 0.1) is 11.9 Å². The summed E-state index contributed by atoms with van der Waals surface area (Å²) in [6.45, 7) is 4.22. The van der Waals surface area contributed by atoms with E-state index >= 15 is 0 Å². The van der Waals surface area contributed by atoms with E-state index in [1.807, 2.05) is 12.3 Å². The molecule has 0 atom stereocenters. The predicted octanol–water partition coefficient (Wildman–Crippen LogP) is 2.15. The standard InChI is InChI=1S/C10H11N3/c1-7(2)10-9-6-11-4-3-8(9)5-12-13-10/h3-7H,1-2H3. The van der Waals surface area contributed by atoms with Crippen LogP contribution >= 0.6 is 0 Å². The Balaban J connectivity index is 2.76. The van der Waals surface area contributed by atoms with Gasteiger partial charge in [0.1, 0.15) is 0 Å². The maximum absolute atomic E-state index is 4.12. The van der Waals surface area contributed by atoms with Crippen LogP contribution in [0, 0.1) is 0 Å². The Hall–Kier alpha value is -1.51. The molecular weight excluding hydrogens is 162 g/mol. The average molecular weight is 173 g/mol. The Bertz CT molecular complexity index is 418. The van der Waals surface area contributed by atoms with Gasteiger partial charge in [-0.3, -0.25) is 4.98 Å². The van der Waals surface area contributed by atoms with E-state index in [-0.39, 0.29) is 0 Å². The molecule has 0 aliphatic rings. The third kappa shape index (κ3) is 1.37. The van der Waals surface area contributed by atoms with Gasteiger partial charge in [-0.05, 0) is 12.0 Å². The van der Waals surface area contributed by atoms with E-state index in [1.54, 1.807) is 12.4 Å². The topological polar surface area (TPSA) is 38.7 Å². The van der Waals surface area contributed by atoms with Gasteiger partial charge in [0, 0.05) is 23.2 Å². The normalized spacial score (nSPS) is 11.0. The molecule has 3 heteroatoms. The Morgan fingerprint density at radius 2 is 2.08 bits per heavy atom. The van der Waals surface area contributed by atoms with Gasteiger partial charge >= 0.3 is 0 Å². The summed E-state index contributed by atoms with van der Waals surface area (Å²) in [7, 11) is 0. The summed E-state index contributed by atoms with van der Waals surface area (Å²) in [6.07, 6.45) is 5.39. The van der Waals surface area contributed by atoms with Crippen LogP contribution in [-0.2, 0) is 0 Å². The van der Waals surface area contributed by atoms with Gasteiger partial charge < -0.3 is 0 Å². The van der Waals surface area contributed by atoms with E-state index in [0.717, 1.165) is 16.5 Å². The van der Waals surface area contributed by atoms with Crippen molar-refractivity contribution in [1.82, 2.24) is 15.2 Å². The Morgan fingerprint density at radius 1 is 1.23 bits per heavy atom. The minimum Gasteiger partial charge on any atom is -0.264 e. The smallest absolute Gasteiger partial charge is 0.0750 e. The molecule has 0 aromatic carbocycles. The van der Waals surface area contributed by atoms with Gasteiger partial charge in [-0.15, -0.1) is 0 Å². The van der Waals surface area contributed by atoms with Crippen molar-refractivity contribution in [3.63, 3.8) is 0 Å². The molecule has 0 bridgehead atoms. The number of hydrogen-bond donors (Lipinski definition) is 0. The molecule has 0 saturated heterocycles. The first-order chi connectivity index (χ1) is 6.29. The number of aromatic nitrogens is 3. The zero-order valence-electron chi connectivity index (χ0n) is 7.73. The number of rotatable bonds is 1. The van der Waals surface area contributed by atoms with Gasteiger partial charge in [0.25, 0.3) is 0 Å². The maximum Gasteiger partial charge on any atom is 0.0750 e. The fourth-order valence-corrected chi connectivity index (χ4v) is 1.37. The summed E-state index contributed by atoms with van der Waals surface area (Å²) >= 11 is 0. The molecule has 0 spiro atoms. The van der Waals surface area contributed by atoms with Gasteiger partial charge in [-0.1, -0.05) is 13.8 Å². The molecule has 2 aromatic rings. The third-order valence-corrected chi connectivity index (χ3v) is 2.04. The van der Waals surface area contributed by atoms with Gasteiger partial charge in [0.2, 0.25) is 0 Å².